The first kappa shape index (κ1) is 17.5. The molecular formula is C20H22N4O3. The molecule has 1 saturated heterocycles. The highest BCUT2D eigenvalue weighted by Gasteiger charge is 2.36. The number of nitrogens with one attached hydrogen (secondary N) is 1. The lowest BCUT2D eigenvalue weighted by atomic mass is 9.90. The first-order valence-electron chi connectivity index (χ1n) is 9.36. The first-order valence-corrected chi connectivity index (χ1v) is 9.36. The highest BCUT2D eigenvalue weighted by atomic mass is 16.5. The Balaban J connectivity index is 1.33. The lowest BCUT2D eigenvalue weighted by molar-refractivity contribution is -0.141. The van der Waals surface area contributed by atoms with E-state index in [2.05, 4.69) is 15.3 Å². The van der Waals surface area contributed by atoms with Gasteiger partial charge in [-0.2, -0.15) is 4.98 Å². The number of carbonyl (C=O) groups is 2. The van der Waals surface area contributed by atoms with E-state index in [0.29, 0.717) is 24.7 Å². The molecule has 1 aliphatic heterocycles. The van der Waals surface area contributed by atoms with Crippen molar-refractivity contribution in [1.82, 2.24) is 14.9 Å². The van der Waals surface area contributed by atoms with E-state index < -0.39 is 0 Å². The first-order chi connectivity index (χ1) is 13.2. The van der Waals surface area contributed by atoms with Crippen LogP contribution in [0.4, 0.5) is 5.95 Å². The molecule has 1 aliphatic carbocycles. The second-order valence-electron chi connectivity index (χ2n) is 6.94. The monoisotopic (exact) mass is 366 g/mol. The van der Waals surface area contributed by atoms with Crippen LogP contribution >= 0.6 is 0 Å². The summed E-state index contributed by atoms with van der Waals surface area (Å²) in [6.45, 7) is 0. The van der Waals surface area contributed by atoms with E-state index in [9.17, 15) is 9.59 Å². The van der Waals surface area contributed by atoms with Crippen molar-refractivity contribution in [2.24, 2.45) is 0 Å². The number of hydrogen-bond acceptors (Lipinski definition) is 6. The van der Waals surface area contributed by atoms with E-state index >= 15 is 0 Å². The van der Waals surface area contributed by atoms with Gasteiger partial charge in [0.15, 0.2) is 0 Å². The van der Waals surface area contributed by atoms with Gasteiger partial charge in [-0.1, -0.05) is 18.2 Å². The van der Waals surface area contributed by atoms with Gasteiger partial charge in [0, 0.05) is 37.2 Å². The number of likely N-dealkylation sites (tertiary alicyclic amines) is 1. The van der Waals surface area contributed by atoms with Gasteiger partial charge in [-0.3, -0.25) is 14.5 Å². The predicted molar refractivity (Wildman–Crippen MR) is 99.3 cm³/mol. The molecule has 7 nitrogen and oxygen atoms in total. The molecule has 1 saturated carbocycles. The Kier molecular flexibility index (Phi) is 5.00. The number of carbonyl (C=O) groups excluding carboxylic acids is 2. The number of ether oxygens (including phenoxy) is 1. The van der Waals surface area contributed by atoms with Crippen LogP contribution in [0.3, 0.4) is 0 Å². The van der Waals surface area contributed by atoms with E-state index in [-0.39, 0.29) is 23.9 Å². The van der Waals surface area contributed by atoms with Gasteiger partial charge in [0.25, 0.3) is 0 Å². The fourth-order valence-electron chi connectivity index (χ4n) is 3.74. The molecule has 2 heterocycles. The van der Waals surface area contributed by atoms with Crippen molar-refractivity contribution in [3.05, 3.63) is 42.6 Å². The number of para-hydroxylation sites is 1. The zero-order valence-corrected chi connectivity index (χ0v) is 15.0. The summed E-state index contributed by atoms with van der Waals surface area (Å²) in [6.07, 6.45) is 5.76. The fourth-order valence-corrected chi connectivity index (χ4v) is 3.74. The highest BCUT2D eigenvalue weighted by molar-refractivity contribution is 6.02. The Bertz CT molecular complexity index is 803. The van der Waals surface area contributed by atoms with Crippen LogP contribution in [0.25, 0.3) is 0 Å². The minimum atomic E-state index is -0.0227. The fraction of sp³-hybridized carbons (Fsp3) is 0.400. The minimum absolute atomic E-state index is 0.0227. The van der Waals surface area contributed by atoms with Gasteiger partial charge in [-0.15, -0.1) is 0 Å². The summed E-state index contributed by atoms with van der Waals surface area (Å²) < 4.78 is 5.74. The number of rotatable bonds is 5. The lowest BCUT2D eigenvalue weighted by Crippen LogP contribution is -2.43. The molecule has 0 unspecified atom stereocenters. The number of amides is 2. The standard InChI is InChI=1S/C20H22N4O3/c25-18-10-11-19(26)24(18)15-8-6-14(7-9-15)22-20-21-13-12-17(23-20)27-16-4-2-1-3-5-16/h1-5,12-15H,6-11H2,(H,21,22,23). The van der Waals surface area contributed by atoms with Gasteiger partial charge in [0.1, 0.15) is 5.75 Å². The van der Waals surface area contributed by atoms with Gasteiger partial charge < -0.3 is 10.1 Å². The van der Waals surface area contributed by atoms with Crippen molar-refractivity contribution >= 4 is 17.8 Å². The summed E-state index contributed by atoms with van der Waals surface area (Å²) in [7, 11) is 0. The average Bonchev–Trinajstić information content (AvgIpc) is 3.02. The molecule has 2 amide bonds. The van der Waals surface area contributed by atoms with Gasteiger partial charge in [-0.25, -0.2) is 4.98 Å². The van der Waals surface area contributed by atoms with Gasteiger partial charge in [0.2, 0.25) is 23.6 Å². The maximum atomic E-state index is 11.9. The van der Waals surface area contributed by atoms with Crippen LogP contribution in [0.2, 0.25) is 0 Å². The molecule has 27 heavy (non-hydrogen) atoms. The SMILES string of the molecule is O=C1CCC(=O)N1C1CCC(Nc2nccc(Oc3ccccc3)n2)CC1. The number of anilines is 1. The quantitative estimate of drug-likeness (QED) is 0.819. The molecule has 0 radical (unpaired) electrons. The molecule has 0 atom stereocenters. The Hall–Kier alpha value is -2.96. The number of benzene rings is 1. The summed E-state index contributed by atoms with van der Waals surface area (Å²) in [5, 5.41) is 3.35. The third-order valence-electron chi connectivity index (χ3n) is 5.08. The summed E-state index contributed by atoms with van der Waals surface area (Å²) >= 11 is 0. The number of aromatic nitrogens is 2. The van der Waals surface area contributed by atoms with E-state index in [1.54, 1.807) is 12.3 Å². The van der Waals surface area contributed by atoms with Crippen molar-refractivity contribution < 1.29 is 14.3 Å². The molecule has 2 fully saturated rings. The molecule has 1 aromatic carbocycles. The molecule has 7 heteroatoms. The molecule has 0 spiro atoms. The molecule has 140 valence electrons. The van der Waals surface area contributed by atoms with Crippen molar-refractivity contribution in [3.8, 4) is 11.6 Å². The van der Waals surface area contributed by atoms with Crippen LogP contribution in [-0.2, 0) is 9.59 Å². The third kappa shape index (κ3) is 4.07. The lowest BCUT2D eigenvalue weighted by Gasteiger charge is -2.33. The largest absolute Gasteiger partial charge is 0.439 e. The number of hydrogen-bond donors (Lipinski definition) is 1. The van der Waals surface area contributed by atoms with Crippen molar-refractivity contribution in [3.63, 3.8) is 0 Å². The van der Waals surface area contributed by atoms with E-state index in [1.807, 2.05) is 30.3 Å². The Morgan fingerprint density at radius 2 is 1.67 bits per heavy atom. The van der Waals surface area contributed by atoms with Crippen LogP contribution in [0.5, 0.6) is 11.6 Å². The Morgan fingerprint density at radius 1 is 0.963 bits per heavy atom. The molecule has 4 rings (SSSR count). The molecular weight excluding hydrogens is 344 g/mol. The average molecular weight is 366 g/mol. The van der Waals surface area contributed by atoms with Crippen molar-refractivity contribution in [2.75, 3.05) is 5.32 Å². The summed E-state index contributed by atoms with van der Waals surface area (Å²) in [4.78, 5) is 34.0. The Morgan fingerprint density at radius 3 is 2.37 bits per heavy atom. The van der Waals surface area contributed by atoms with Gasteiger partial charge in [0.05, 0.1) is 0 Å². The second kappa shape index (κ2) is 7.73. The molecule has 1 aromatic heterocycles. The van der Waals surface area contributed by atoms with Crippen LogP contribution < -0.4 is 10.1 Å². The molecule has 0 bridgehead atoms. The minimum Gasteiger partial charge on any atom is -0.439 e. The topological polar surface area (TPSA) is 84.4 Å². The maximum absolute atomic E-state index is 11.9. The van der Waals surface area contributed by atoms with Crippen molar-refractivity contribution in [1.29, 1.82) is 0 Å². The Labute approximate surface area is 157 Å². The maximum Gasteiger partial charge on any atom is 0.229 e. The highest BCUT2D eigenvalue weighted by Crippen LogP contribution is 2.29. The van der Waals surface area contributed by atoms with Crippen LogP contribution in [0.15, 0.2) is 42.6 Å². The summed E-state index contributed by atoms with van der Waals surface area (Å²) in [5.74, 6) is 1.69. The summed E-state index contributed by atoms with van der Waals surface area (Å²) in [5.41, 5.74) is 0. The molecule has 2 aromatic rings. The smallest absolute Gasteiger partial charge is 0.229 e. The van der Waals surface area contributed by atoms with Gasteiger partial charge in [-0.05, 0) is 37.8 Å². The summed E-state index contributed by atoms with van der Waals surface area (Å²) in [6, 6.07) is 11.5. The zero-order valence-electron chi connectivity index (χ0n) is 15.0. The van der Waals surface area contributed by atoms with Crippen LogP contribution in [-0.4, -0.2) is 38.8 Å². The van der Waals surface area contributed by atoms with Crippen LogP contribution in [0.1, 0.15) is 38.5 Å². The van der Waals surface area contributed by atoms with Crippen LogP contribution in [0, 0.1) is 0 Å². The third-order valence-corrected chi connectivity index (χ3v) is 5.08. The predicted octanol–water partition coefficient (Wildman–Crippen LogP) is 3.14. The molecule has 1 N–H and O–H groups in total. The normalized spacial score (nSPS) is 22.7. The van der Waals surface area contributed by atoms with Gasteiger partial charge >= 0.3 is 0 Å². The number of imide groups is 1. The van der Waals surface area contributed by atoms with E-state index in [1.165, 1.54) is 4.90 Å². The molecule has 2 aliphatic rings. The van der Waals surface area contributed by atoms with E-state index in [4.69, 9.17) is 4.74 Å². The number of nitrogens with zero attached hydrogens (tertiary/aromatic N) is 3. The second-order valence-corrected chi connectivity index (χ2v) is 6.94. The van der Waals surface area contributed by atoms with E-state index in [0.717, 1.165) is 31.4 Å². The zero-order chi connectivity index (χ0) is 18.6. The van der Waals surface area contributed by atoms with Crippen molar-refractivity contribution in [2.45, 2.75) is 50.6 Å².